The molecule has 2 amide bonds. The van der Waals surface area contributed by atoms with Gasteiger partial charge in [-0.15, -0.1) is 0 Å². The van der Waals surface area contributed by atoms with Gasteiger partial charge in [-0.05, 0) is 74.1 Å². The van der Waals surface area contributed by atoms with Crippen molar-refractivity contribution in [1.29, 1.82) is 0 Å². The molecule has 0 radical (unpaired) electrons. The molecule has 8 nitrogen and oxygen atoms in total. The molecular weight excluding hydrogens is 450 g/mol. The first-order valence-corrected chi connectivity index (χ1v) is 12.4. The van der Waals surface area contributed by atoms with E-state index in [0.29, 0.717) is 34.5 Å². The largest absolute Gasteiger partial charge is 0.464 e. The molecule has 34 heavy (non-hydrogen) atoms. The maximum absolute atomic E-state index is 11.7. The fourth-order valence-corrected chi connectivity index (χ4v) is 5.18. The zero-order valence-corrected chi connectivity index (χ0v) is 19.5. The third-order valence-electron chi connectivity index (χ3n) is 6.28. The number of thioether (sulfide) groups is 1. The molecule has 2 fully saturated rings. The Labute approximate surface area is 202 Å². The smallest absolute Gasteiger partial charge is 0.290 e. The number of carbonyl (C=O) groups excluding carboxylic acids is 2. The maximum Gasteiger partial charge on any atom is 0.290 e. The van der Waals surface area contributed by atoms with Crippen LogP contribution >= 0.6 is 11.8 Å². The highest BCUT2D eigenvalue weighted by Crippen LogP contribution is 2.27. The lowest BCUT2D eigenvalue weighted by Gasteiger charge is -2.31. The molecule has 3 aliphatic rings. The minimum absolute atomic E-state index is 0.315. The molecule has 2 aromatic rings. The van der Waals surface area contributed by atoms with Crippen molar-refractivity contribution in [3.05, 3.63) is 65.2 Å². The summed E-state index contributed by atoms with van der Waals surface area (Å²) in [5, 5.41) is 9.08. The summed E-state index contributed by atoms with van der Waals surface area (Å²) in [7, 11) is 0. The number of hydrogen-bond acceptors (Lipinski definition) is 8. The molecule has 5 rings (SSSR count). The van der Waals surface area contributed by atoms with E-state index in [2.05, 4.69) is 44.1 Å². The Balaban J connectivity index is 1.09. The second-order valence-electron chi connectivity index (χ2n) is 8.76. The highest BCUT2D eigenvalue weighted by atomic mass is 32.2. The number of allylic oxidation sites excluding steroid dienone is 3. The minimum atomic E-state index is -0.383. The van der Waals surface area contributed by atoms with E-state index in [4.69, 9.17) is 4.42 Å². The topological polar surface area (TPSA) is 109 Å². The van der Waals surface area contributed by atoms with Crippen molar-refractivity contribution >= 4 is 40.5 Å². The summed E-state index contributed by atoms with van der Waals surface area (Å²) in [6.45, 7) is 0.964. The number of furan rings is 1. The zero-order chi connectivity index (χ0) is 23.3. The van der Waals surface area contributed by atoms with E-state index >= 15 is 0 Å². The average Bonchev–Trinajstić information content (AvgIpc) is 3.49. The van der Waals surface area contributed by atoms with E-state index in [1.165, 1.54) is 0 Å². The van der Waals surface area contributed by atoms with Gasteiger partial charge in [0.25, 0.3) is 11.1 Å². The van der Waals surface area contributed by atoms with Gasteiger partial charge in [0, 0.05) is 30.4 Å². The summed E-state index contributed by atoms with van der Waals surface area (Å²) in [5.41, 5.74) is 1.76. The number of rotatable bonds is 7. The van der Waals surface area contributed by atoms with Crippen LogP contribution in [0.5, 0.6) is 0 Å². The number of nitrogens with zero attached hydrogens (tertiary/aromatic N) is 2. The number of imide groups is 1. The predicted molar refractivity (Wildman–Crippen MR) is 133 cm³/mol. The lowest BCUT2D eigenvalue weighted by atomic mass is 9.90. The average molecular weight is 478 g/mol. The third kappa shape index (κ3) is 5.66. The van der Waals surface area contributed by atoms with Crippen molar-refractivity contribution in [2.24, 2.45) is 5.92 Å². The predicted octanol–water partition coefficient (Wildman–Crippen LogP) is 4.37. The van der Waals surface area contributed by atoms with Crippen LogP contribution in [0, 0.1) is 5.92 Å². The van der Waals surface area contributed by atoms with Crippen LogP contribution in [0.3, 0.4) is 0 Å². The quantitative estimate of drug-likeness (QED) is 0.505. The summed E-state index contributed by atoms with van der Waals surface area (Å²) in [4.78, 5) is 32.3. The lowest BCUT2D eigenvalue weighted by Crippen LogP contribution is -2.39. The molecule has 1 saturated carbocycles. The number of amides is 2. The number of anilines is 1. The monoisotopic (exact) mass is 477 g/mol. The molecule has 1 atom stereocenters. The fraction of sp³-hybridized carbons (Fsp3) is 0.360. The standard InChI is InChI=1S/C25H27N5O3S/c31-23-22(34-25(32)30-23)14-20-10-11-26-24(29-20)28-19-8-6-18(7-9-19)27-15-16-3-1-4-17(13-16)21-5-2-12-33-21/h1-2,4-5,10-14,16,18-19,27H,3,6-9,15H2,(H,26,28,29)(H,30,31,32)/b22-14-/t16?,18-,19-. The first kappa shape index (κ1) is 22.6. The molecule has 0 aromatic carbocycles. The molecule has 2 aromatic heterocycles. The first-order valence-electron chi connectivity index (χ1n) is 11.6. The number of carbonyl (C=O) groups is 2. The molecule has 9 heteroatoms. The summed E-state index contributed by atoms with van der Waals surface area (Å²) >= 11 is 0.886. The molecule has 2 aliphatic carbocycles. The van der Waals surface area contributed by atoms with Crippen molar-refractivity contribution in [2.45, 2.75) is 44.2 Å². The Kier molecular flexibility index (Phi) is 6.92. The van der Waals surface area contributed by atoms with Crippen LogP contribution in [0.1, 0.15) is 43.6 Å². The van der Waals surface area contributed by atoms with E-state index in [9.17, 15) is 9.59 Å². The number of hydrogen-bond donors (Lipinski definition) is 3. The lowest BCUT2D eigenvalue weighted by molar-refractivity contribution is -0.115. The highest BCUT2D eigenvalue weighted by molar-refractivity contribution is 8.18. The van der Waals surface area contributed by atoms with Crippen LogP contribution in [-0.4, -0.2) is 39.7 Å². The number of nitrogens with one attached hydrogen (secondary N) is 3. The van der Waals surface area contributed by atoms with Gasteiger partial charge in [0.2, 0.25) is 5.95 Å². The first-order chi connectivity index (χ1) is 16.6. The van der Waals surface area contributed by atoms with E-state index in [0.717, 1.165) is 61.7 Å². The van der Waals surface area contributed by atoms with Crippen LogP contribution in [-0.2, 0) is 4.79 Å². The van der Waals surface area contributed by atoms with Crippen molar-refractivity contribution < 1.29 is 14.0 Å². The molecule has 3 heterocycles. The fourth-order valence-electron chi connectivity index (χ4n) is 4.52. The minimum Gasteiger partial charge on any atom is -0.464 e. The molecule has 1 unspecified atom stereocenters. The Morgan fingerprint density at radius 1 is 1.18 bits per heavy atom. The molecular formula is C25H27N5O3S. The molecule has 1 saturated heterocycles. The van der Waals surface area contributed by atoms with E-state index in [-0.39, 0.29) is 11.1 Å². The van der Waals surface area contributed by atoms with Gasteiger partial charge in [-0.2, -0.15) is 0 Å². The van der Waals surface area contributed by atoms with Gasteiger partial charge in [0.05, 0.1) is 16.9 Å². The molecule has 1 aliphatic heterocycles. The molecule has 0 bridgehead atoms. The highest BCUT2D eigenvalue weighted by Gasteiger charge is 2.25. The van der Waals surface area contributed by atoms with Gasteiger partial charge < -0.3 is 15.1 Å². The van der Waals surface area contributed by atoms with Crippen molar-refractivity contribution in [3.63, 3.8) is 0 Å². The van der Waals surface area contributed by atoms with Gasteiger partial charge in [0.1, 0.15) is 5.76 Å². The molecule has 176 valence electrons. The molecule has 3 N–H and O–H groups in total. The summed E-state index contributed by atoms with van der Waals surface area (Å²) in [6, 6.07) is 6.47. The van der Waals surface area contributed by atoms with Gasteiger partial charge in [-0.3, -0.25) is 14.9 Å². The zero-order valence-electron chi connectivity index (χ0n) is 18.7. The van der Waals surface area contributed by atoms with E-state index in [1.54, 1.807) is 24.6 Å². The van der Waals surface area contributed by atoms with Gasteiger partial charge in [-0.1, -0.05) is 18.2 Å². The summed E-state index contributed by atoms with van der Waals surface area (Å²) in [5.74, 6) is 1.56. The Morgan fingerprint density at radius 2 is 2.03 bits per heavy atom. The van der Waals surface area contributed by atoms with Gasteiger partial charge in [0.15, 0.2) is 0 Å². The van der Waals surface area contributed by atoms with Crippen LogP contribution < -0.4 is 16.0 Å². The van der Waals surface area contributed by atoms with Crippen molar-refractivity contribution in [1.82, 2.24) is 20.6 Å². The van der Waals surface area contributed by atoms with Gasteiger partial charge in [-0.25, -0.2) is 9.97 Å². The van der Waals surface area contributed by atoms with E-state index < -0.39 is 0 Å². The Bertz CT molecular complexity index is 1130. The van der Waals surface area contributed by atoms with Crippen LogP contribution in [0.25, 0.3) is 11.6 Å². The SMILES string of the molecule is O=C1NC(=O)/C(=C/c2ccnc(N[C@H]3CC[C@H](NCC4C=C(c5ccco5)C=CC4)CC3)n2)S1. The summed E-state index contributed by atoms with van der Waals surface area (Å²) < 4.78 is 5.53. The van der Waals surface area contributed by atoms with Crippen LogP contribution in [0.2, 0.25) is 0 Å². The Morgan fingerprint density at radius 3 is 2.79 bits per heavy atom. The maximum atomic E-state index is 11.7. The third-order valence-corrected chi connectivity index (χ3v) is 7.10. The van der Waals surface area contributed by atoms with Crippen molar-refractivity contribution in [2.75, 3.05) is 11.9 Å². The number of aromatic nitrogens is 2. The van der Waals surface area contributed by atoms with Crippen molar-refractivity contribution in [3.8, 4) is 0 Å². The normalized spacial score (nSPS) is 25.9. The molecule has 0 spiro atoms. The van der Waals surface area contributed by atoms with Crippen LogP contribution in [0.15, 0.2) is 58.2 Å². The van der Waals surface area contributed by atoms with Crippen LogP contribution in [0.4, 0.5) is 10.7 Å². The van der Waals surface area contributed by atoms with E-state index in [1.807, 2.05) is 12.1 Å². The summed E-state index contributed by atoms with van der Waals surface area (Å²) in [6.07, 6.45) is 17.0. The Hall–Kier alpha value is -3.17. The second-order valence-corrected chi connectivity index (χ2v) is 9.77. The van der Waals surface area contributed by atoms with Gasteiger partial charge >= 0.3 is 0 Å². The second kappa shape index (κ2) is 10.4.